The van der Waals surface area contributed by atoms with E-state index < -0.39 is 6.04 Å². The van der Waals surface area contributed by atoms with Gasteiger partial charge in [-0.25, -0.2) is 0 Å². The summed E-state index contributed by atoms with van der Waals surface area (Å²) in [7, 11) is 0. The first-order chi connectivity index (χ1) is 9.45. The topological polar surface area (TPSA) is 105 Å². The lowest BCUT2D eigenvalue weighted by atomic mass is 10.1. The van der Waals surface area contributed by atoms with Gasteiger partial charge in [-0.3, -0.25) is 0 Å². The second-order valence-electron chi connectivity index (χ2n) is 5.28. The second kappa shape index (κ2) is 5.92. The molecule has 4 N–H and O–H groups in total. The number of benzene rings is 1. The zero-order valence-electron chi connectivity index (χ0n) is 11.6. The molecule has 0 saturated carbocycles. The van der Waals surface area contributed by atoms with Crippen LogP contribution in [0.2, 0.25) is 0 Å². The molecule has 0 saturated heterocycles. The molecule has 1 heterocycles. The Morgan fingerprint density at radius 1 is 1.20 bits per heavy atom. The molecule has 0 bridgehead atoms. The predicted molar refractivity (Wildman–Crippen MR) is 73.2 cm³/mol. The van der Waals surface area contributed by atoms with E-state index in [0.29, 0.717) is 24.1 Å². The smallest absolute Gasteiger partial charge is 0.243 e. The van der Waals surface area contributed by atoms with E-state index in [0.717, 1.165) is 12.0 Å². The van der Waals surface area contributed by atoms with Crippen LogP contribution in [0.4, 0.5) is 0 Å². The standard InChI is InChI=1S/C14H19N3O3/c1-8(2)5-13-16-14(20-17-13)10(15)6-9-3-4-11(18)12(19)7-9/h3-4,7-8,10,18-19H,5-6,15H2,1-2H3. The molecule has 20 heavy (non-hydrogen) atoms. The normalized spacial score (nSPS) is 12.8. The molecule has 0 radical (unpaired) electrons. The maximum absolute atomic E-state index is 9.44. The number of hydrogen-bond acceptors (Lipinski definition) is 6. The number of aromatic nitrogens is 2. The highest BCUT2D eigenvalue weighted by molar-refractivity contribution is 5.40. The fourth-order valence-corrected chi connectivity index (χ4v) is 1.90. The van der Waals surface area contributed by atoms with Crippen LogP contribution in [-0.4, -0.2) is 20.4 Å². The molecule has 0 fully saturated rings. The van der Waals surface area contributed by atoms with Gasteiger partial charge in [0, 0.05) is 6.42 Å². The third-order valence-electron chi connectivity index (χ3n) is 2.89. The van der Waals surface area contributed by atoms with Crippen LogP contribution in [0.1, 0.15) is 37.2 Å². The van der Waals surface area contributed by atoms with E-state index in [1.165, 1.54) is 12.1 Å². The predicted octanol–water partition coefficient (Wildman–Crippen LogP) is 1.92. The molecular weight excluding hydrogens is 258 g/mol. The Morgan fingerprint density at radius 3 is 2.60 bits per heavy atom. The minimum absolute atomic E-state index is 0.153. The van der Waals surface area contributed by atoms with Crippen LogP contribution in [0.15, 0.2) is 22.7 Å². The lowest BCUT2D eigenvalue weighted by Gasteiger charge is -2.07. The van der Waals surface area contributed by atoms with Gasteiger partial charge in [0.05, 0.1) is 6.04 Å². The Morgan fingerprint density at radius 2 is 1.95 bits per heavy atom. The SMILES string of the molecule is CC(C)Cc1noc(C(N)Cc2ccc(O)c(O)c2)n1. The zero-order valence-corrected chi connectivity index (χ0v) is 11.6. The number of hydrogen-bond donors (Lipinski definition) is 3. The van der Waals surface area contributed by atoms with Gasteiger partial charge in [0.15, 0.2) is 17.3 Å². The Labute approximate surface area is 117 Å². The minimum atomic E-state index is -0.438. The summed E-state index contributed by atoms with van der Waals surface area (Å²) in [5.41, 5.74) is 6.81. The first-order valence-electron chi connectivity index (χ1n) is 6.54. The van der Waals surface area contributed by atoms with Crippen LogP contribution in [0, 0.1) is 5.92 Å². The average Bonchev–Trinajstić information content (AvgIpc) is 2.81. The molecular formula is C14H19N3O3. The summed E-state index contributed by atoms with van der Waals surface area (Å²) in [4.78, 5) is 4.27. The lowest BCUT2D eigenvalue weighted by Crippen LogP contribution is -2.14. The molecule has 2 aromatic rings. The summed E-state index contributed by atoms with van der Waals surface area (Å²) in [6.45, 7) is 4.16. The Balaban J connectivity index is 2.05. The van der Waals surface area contributed by atoms with Crippen molar-refractivity contribution >= 4 is 0 Å². The highest BCUT2D eigenvalue weighted by Crippen LogP contribution is 2.26. The van der Waals surface area contributed by atoms with Crippen LogP contribution in [0.25, 0.3) is 0 Å². The number of rotatable bonds is 5. The van der Waals surface area contributed by atoms with Gasteiger partial charge < -0.3 is 20.5 Å². The fraction of sp³-hybridized carbons (Fsp3) is 0.429. The van der Waals surface area contributed by atoms with Gasteiger partial charge in [0.25, 0.3) is 0 Å². The molecule has 0 aliphatic heterocycles. The molecule has 1 unspecified atom stereocenters. The molecule has 0 spiro atoms. The van der Waals surface area contributed by atoms with Crippen molar-refractivity contribution in [2.75, 3.05) is 0 Å². The van der Waals surface area contributed by atoms with Crippen molar-refractivity contribution < 1.29 is 14.7 Å². The van der Waals surface area contributed by atoms with Crippen molar-refractivity contribution in [3.8, 4) is 11.5 Å². The van der Waals surface area contributed by atoms with Crippen molar-refractivity contribution in [3.05, 3.63) is 35.5 Å². The second-order valence-corrected chi connectivity index (χ2v) is 5.28. The summed E-state index contributed by atoms with van der Waals surface area (Å²) in [5, 5.41) is 22.6. The monoisotopic (exact) mass is 277 g/mol. The van der Waals surface area contributed by atoms with Gasteiger partial charge in [-0.2, -0.15) is 4.98 Å². The summed E-state index contributed by atoms with van der Waals surface area (Å²) in [6.07, 6.45) is 1.19. The van der Waals surface area contributed by atoms with Gasteiger partial charge in [-0.1, -0.05) is 25.1 Å². The highest BCUT2D eigenvalue weighted by atomic mass is 16.5. The van der Waals surface area contributed by atoms with E-state index in [2.05, 4.69) is 24.0 Å². The van der Waals surface area contributed by atoms with Crippen molar-refractivity contribution in [3.63, 3.8) is 0 Å². The number of phenolic OH excluding ortho intramolecular Hbond substituents is 2. The molecule has 108 valence electrons. The molecule has 1 aromatic carbocycles. The third kappa shape index (κ3) is 3.48. The van der Waals surface area contributed by atoms with E-state index in [-0.39, 0.29) is 11.5 Å². The number of nitrogens with zero attached hydrogens (tertiary/aromatic N) is 2. The lowest BCUT2D eigenvalue weighted by molar-refractivity contribution is 0.348. The van der Waals surface area contributed by atoms with Gasteiger partial charge in [-0.15, -0.1) is 0 Å². The maximum Gasteiger partial charge on any atom is 0.243 e. The quantitative estimate of drug-likeness (QED) is 0.721. The van der Waals surface area contributed by atoms with E-state index in [1.807, 2.05) is 0 Å². The summed E-state index contributed by atoms with van der Waals surface area (Å²) < 4.78 is 5.16. The van der Waals surface area contributed by atoms with Crippen LogP contribution in [0.5, 0.6) is 11.5 Å². The van der Waals surface area contributed by atoms with Gasteiger partial charge in [0.2, 0.25) is 5.89 Å². The third-order valence-corrected chi connectivity index (χ3v) is 2.89. The first-order valence-corrected chi connectivity index (χ1v) is 6.54. The van der Waals surface area contributed by atoms with Crippen molar-refractivity contribution in [2.24, 2.45) is 11.7 Å². The van der Waals surface area contributed by atoms with E-state index in [4.69, 9.17) is 10.3 Å². The molecule has 0 amide bonds. The molecule has 0 aliphatic rings. The zero-order chi connectivity index (χ0) is 14.7. The fourth-order valence-electron chi connectivity index (χ4n) is 1.90. The molecule has 6 heteroatoms. The van der Waals surface area contributed by atoms with Crippen molar-refractivity contribution in [1.29, 1.82) is 0 Å². The number of nitrogens with two attached hydrogens (primary N) is 1. The Hall–Kier alpha value is -2.08. The minimum Gasteiger partial charge on any atom is -0.504 e. The van der Waals surface area contributed by atoms with Crippen LogP contribution in [-0.2, 0) is 12.8 Å². The Kier molecular flexibility index (Phi) is 4.24. The molecule has 2 rings (SSSR count). The van der Waals surface area contributed by atoms with E-state index in [9.17, 15) is 10.2 Å². The maximum atomic E-state index is 9.44. The summed E-state index contributed by atoms with van der Waals surface area (Å²) in [5.74, 6) is 1.16. The largest absolute Gasteiger partial charge is 0.504 e. The molecule has 1 atom stereocenters. The van der Waals surface area contributed by atoms with Crippen LogP contribution in [0.3, 0.4) is 0 Å². The summed E-state index contributed by atoms with van der Waals surface area (Å²) in [6, 6.07) is 4.16. The number of aromatic hydroxyl groups is 2. The van der Waals surface area contributed by atoms with Gasteiger partial charge in [0.1, 0.15) is 0 Å². The van der Waals surface area contributed by atoms with Crippen LogP contribution < -0.4 is 5.73 Å². The Bertz CT molecular complexity index is 581. The summed E-state index contributed by atoms with van der Waals surface area (Å²) >= 11 is 0. The van der Waals surface area contributed by atoms with Crippen molar-refractivity contribution in [2.45, 2.75) is 32.7 Å². The molecule has 1 aromatic heterocycles. The number of phenols is 2. The van der Waals surface area contributed by atoms with Crippen LogP contribution >= 0.6 is 0 Å². The highest BCUT2D eigenvalue weighted by Gasteiger charge is 2.16. The molecule has 0 aliphatic carbocycles. The van der Waals surface area contributed by atoms with Gasteiger partial charge in [-0.05, 0) is 30.0 Å². The van der Waals surface area contributed by atoms with E-state index in [1.54, 1.807) is 6.07 Å². The van der Waals surface area contributed by atoms with Gasteiger partial charge >= 0.3 is 0 Å². The first kappa shape index (κ1) is 14.3. The molecule has 6 nitrogen and oxygen atoms in total. The van der Waals surface area contributed by atoms with E-state index >= 15 is 0 Å². The average molecular weight is 277 g/mol. The van der Waals surface area contributed by atoms with Crippen molar-refractivity contribution in [1.82, 2.24) is 10.1 Å².